The Labute approximate surface area is 182 Å². The maximum Gasteiger partial charge on any atom is 0.263 e. The van der Waals surface area contributed by atoms with E-state index < -0.39 is 0 Å². The van der Waals surface area contributed by atoms with E-state index in [0.29, 0.717) is 28.3 Å². The van der Waals surface area contributed by atoms with Crippen molar-refractivity contribution in [2.24, 2.45) is 5.92 Å². The molecule has 1 aliphatic carbocycles. The second-order valence-electron chi connectivity index (χ2n) is 7.59. The van der Waals surface area contributed by atoms with Crippen molar-refractivity contribution >= 4 is 56.5 Å². The van der Waals surface area contributed by atoms with Gasteiger partial charge < -0.3 is 5.32 Å². The van der Waals surface area contributed by atoms with E-state index in [-0.39, 0.29) is 17.2 Å². The Morgan fingerprint density at radius 3 is 2.97 bits per heavy atom. The standard InChI is InChI=1S/C21H22ClN3O2S2/c1-12(2)10-25-20(27)18-15-7-4-8-16(15)29-19(18)24-21(25)28-11-17(26)23-14-6-3-5-13(22)9-14/h3,5-6,9,12H,4,7-8,10-11H2,1-2H3,(H,23,26). The fraction of sp³-hybridized carbons (Fsp3) is 0.381. The Morgan fingerprint density at radius 1 is 1.38 bits per heavy atom. The van der Waals surface area contributed by atoms with Crippen molar-refractivity contribution in [3.8, 4) is 0 Å². The van der Waals surface area contributed by atoms with Gasteiger partial charge in [0, 0.05) is 22.1 Å². The van der Waals surface area contributed by atoms with E-state index in [0.717, 1.165) is 29.5 Å². The summed E-state index contributed by atoms with van der Waals surface area (Å²) in [5, 5.41) is 4.80. The fourth-order valence-electron chi connectivity index (χ4n) is 3.59. The summed E-state index contributed by atoms with van der Waals surface area (Å²) in [4.78, 5) is 32.6. The molecule has 0 unspecified atom stereocenters. The lowest BCUT2D eigenvalue weighted by Gasteiger charge is -2.14. The van der Waals surface area contributed by atoms with E-state index in [1.54, 1.807) is 40.2 Å². The van der Waals surface area contributed by atoms with Gasteiger partial charge in [0.2, 0.25) is 5.91 Å². The van der Waals surface area contributed by atoms with Crippen molar-refractivity contribution < 1.29 is 4.79 Å². The van der Waals surface area contributed by atoms with E-state index in [1.165, 1.54) is 22.2 Å². The van der Waals surface area contributed by atoms with Crippen LogP contribution in [0.2, 0.25) is 5.02 Å². The molecule has 0 saturated heterocycles. The number of rotatable bonds is 6. The first kappa shape index (κ1) is 20.4. The number of nitrogens with one attached hydrogen (secondary N) is 1. The highest BCUT2D eigenvalue weighted by Gasteiger charge is 2.23. The molecule has 152 valence electrons. The molecule has 0 radical (unpaired) electrons. The zero-order chi connectivity index (χ0) is 20.5. The Morgan fingerprint density at radius 2 is 2.21 bits per heavy atom. The van der Waals surface area contributed by atoms with E-state index in [2.05, 4.69) is 19.2 Å². The van der Waals surface area contributed by atoms with Gasteiger partial charge in [0.15, 0.2) is 5.16 Å². The van der Waals surface area contributed by atoms with Crippen LogP contribution in [0.3, 0.4) is 0 Å². The Kier molecular flexibility index (Phi) is 5.99. The monoisotopic (exact) mass is 447 g/mol. The molecular formula is C21H22ClN3O2S2. The minimum Gasteiger partial charge on any atom is -0.325 e. The molecule has 0 aliphatic heterocycles. The van der Waals surface area contributed by atoms with Gasteiger partial charge in [-0.25, -0.2) is 4.98 Å². The number of hydrogen-bond acceptors (Lipinski definition) is 5. The SMILES string of the molecule is CC(C)Cn1c(SCC(=O)Nc2cccc(Cl)c2)nc2sc3c(c2c1=O)CCC3. The summed E-state index contributed by atoms with van der Waals surface area (Å²) in [5.74, 6) is 0.322. The predicted molar refractivity (Wildman–Crippen MR) is 122 cm³/mol. The minimum atomic E-state index is -0.156. The number of amides is 1. The number of fused-ring (bicyclic) bond motifs is 3. The fourth-order valence-corrected chi connectivity index (χ4v) is 5.89. The third-order valence-corrected chi connectivity index (χ3v) is 7.18. The van der Waals surface area contributed by atoms with Crippen LogP contribution in [-0.2, 0) is 24.2 Å². The number of anilines is 1. The van der Waals surface area contributed by atoms with Crippen LogP contribution >= 0.6 is 34.7 Å². The number of halogens is 1. The van der Waals surface area contributed by atoms with Gasteiger partial charge in [-0.3, -0.25) is 14.2 Å². The smallest absolute Gasteiger partial charge is 0.263 e. The van der Waals surface area contributed by atoms with Crippen LogP contribution in [0.4, 0.5) is 5.69 Å². The lowest BCUT2D eigenvalue weighted by molar-refractivity contribution is -0.113. The maximum atomic E-state index is 13.3. The topological polar surface area (TPSA) is 64.0 Å². The molecule has 1 amide bonds. The summed E-state index contributed by atoms with van der Waals surface area (Å²) in [7, 11) is 0. The van der Waals surface area contributed by atoms with Gasteiger partial charge in [-0.15, -0.1) is 11.3 Å². The second-order valence-corrected chi connectivity index (χ2v) is 10.1. The molecule has 0 fully saturated rings. The number of hydrogen-bond donors (Lipinski definition) is 1. The van der Waals surface area contributed by atoms with Crippen LogP contribution < -0.4 is 10.9 Å². The molecule has 1 aliphatic rings. The van der Waals surface area contributed by atoms with Crippen LogP contribution in [0.15, 0.2) is 34.2 Å². The first-order valence-electron chi connectivity index (χ1n) is 9.65. The number of benzene rings is 1. The van der Waals surface area contributed by atoms with Gasteiger partial charge in [-0.1, -0.05) is 43.3 Å². The van der Waals surface area contributed by atoms with Crippen molar-refractivity contribution in [3.05, 3.63) is 50.1 Å². The Balaban J connectivity index is 1.60. The lowest BCUT2D eigenvalue weighted by atomic mass is 10.2. The maximum absolute atomic E-state index is 13.3. The van der Waals surface area contributed by atoms with E-state index >= 15 is 0 Å². The number of aromatic nitrogens is 2. The summed E-state index contributed by atoms with van der Waals surface area (Å²) in [6.07, 6.45) is 3.11. The van der Waals surface area contributed by atoms with E-state index in [9.17, 15) is 9.59 Å². The molecule has 1 aromatic carbocycles. The van der Waals surface area contributed by atoms with Crippen LogP contribution in [0, 0.1) is 5.92 Å². The van der Waals surface area contributed by atoms with Crippen LogP contribution in [0.25, 0.3) is 10.2 Å². The molecule has 2 aromatic heterocycles. The molecule has 29 heavy (non-hydrogen) atoms. The van der Waals surface area contributed by atoms with Gasteiger partial charge >= 0.3 is 0 Å². The first-order valence-corrected chi connectivity index (χ1v) is 11.8. The molecule has 0 bridgehead atoms. The third kappa shape index (κ3) is 4.37. The quantitative estimate of drug-likeness (QED) is 0.427. The zero-order valence-corrected chi connectivity index (χ0v) is 18.7. The number of carbonyl (C=O) groups is 1. The number of nitrogens with zero attached hydrogens (tertiary/aromatic N) is 2. The van der Waals surface area contributed by atoms with E-state index in [4.69, 9.17) is 16.6 Å². The minimum absolute atomic E-state index is 0.0286. The van der Waals surface area contributed by atoms with Crippen LogP contribution in [0.5, 0.6) is 0 Å². The highest BCUT2D eigenvalue weighted by Crippen LogP contribution is 2.35. The lowest BCUT2D eigenvalue weighted by Crippen LogP contribution is -2.26. The van der Waals surface area contributed by atoms with Gasteiger partial charge in [0.1, 0.15) is 4.83 Å². The summed E-state index contributed by atoms with van der Waals surface area (Å²) in [6, 6.07) is 7.04. The normalized spacial score (nSPS) is 13.2. The van der Waals surface area contributed by atoms with Crippen molar-refractivity contribution in [1.82, 2.24) is 9.55 Å². The highest BCUT2D eigenvalue weighted by molar-refractivity contribution is 7.99. The number of thiophene rings is 1. The van der Waals surface area contributed by atoms with Crippen molar-refractivity contribution in [2.45, 2.75) is 44.8 Å². The average molecular weight is 448 g/mol. The number of thioether (sulfide) groups is 1. The van der Waals surface area contributed by atoms with Crippen LogP contribution in [0.1, 0.15) is 30.7 Å². The van der Waals surface area contributed by atoms with Gasteiger partial charge in [-0.05, 0) is 48.9 Å². The van der Waals surface area contributed by atoms with Crippen molar-refractivity contribution in [3.63, 3.8) is 0 Å². The molecule has 1 N–H and O–H groups in total. The molecular weight excluding hydrogens is 426 g/mol. The molecule has 0 spiro atoms. The molecule has 0 saturated carbocycles. The average Bonchev–Trinajstić information content (AvgIpc) is 3.23. The largest absolute Gasteiger partial charge is 0.325 e. The summed E-state index contributed by atoms with van der Waals surface area (Å²) in [5.41, 5.74) is 1.87. The summed E-state index contributed by atoms with van der Waals surface area (Å²) in [6.45, 7) is 4.74. The number of aryl methyl sites for hydroxylation is 2. The summed E-state index contributed by atoms with van der Waals surface area (Å²) < 4.78 is 1.75. The Bertz CT molecular complexity index is 1140. The molecule has 5 nitrogen and oxygen atoms in total. The Hall–Kier alpha value is -1.83. The van der Waals surface area contributed by atoms with E-state index in [1.807, 2.05) is 0 Å². The summed E-state index contributed by atoms with van der Waals surface area (Å²) >= 11 is 8.90. The van der Waals surface area contributed by atoms with Crippen molar-refractivity contribution in [1.29, 1.82) is 0 Å². The predicted octanol–water partition coefficient (Wildman–Crippen LogP) is 4.99. The molecule has 3 aromatic rings. The third-order valence-electron chi connectivity index (χ3n) is 4.78. The number of carbonyl (C=O) groups excluding carboxylic acids is 1. The zero-order valence-electron chi connectivity index (χ0n) is 16.3. The molecule has 2 heterocycles. The molecule has 4 rings (SSSR count). The van der Waals surface area contributed by atoms with Gasteiger partial charge in [-0.2, -0.15) is 0 Å². The highest BCUT2D eigenvalue weighted by atomic mass is 35.5. The molecule has 0 atom stereocenters. The van der Waals surface area contributed by atoms with Gasteiger partial charge in [0.05, 0.1) is 11.1 Å². The van der Waals surface area contributed by atoms with Crippen molar-refractivity contribution in [2.75, 3.05) is 11.1 Å². The van der Waals surface area contributed by atoms with Crippen LogP contribution in [-0.4, -0.2) is 21.2 Å². The van der Waals surface area contributed by atoms with Gasteiger partial charge in [0.25, 0.3) is 5.56 Å². The first-order chi connectivity index (χ1) is 13.9. The second kappa shape index (κ2) is 8.50. The molecule has 8 heteroatoms.